The number of aliphatic hydroxyl groups excluding tert-OH is 1. The maximum Gasteiger partial charge on any atom is 0.302 e. The molecule has 0 amide bonds. The molecule has 3 N–H and O–H groups in total. The zero-order chi connectivity index (χ0) is 17.0. The molecule has 0 rings (SSSR count). The molecule has 0 aliphatic rings. The van der Waals surface area contributed by atoms with Gasteiger partial charge >= 0.3 is 5.97 Å². The lowest BCUT2D eigenvalue weighted by molar-refractivity contribution is -0.141. The molecule has 0 aromatic rings. The summed E-state index contributed by atoms with van der Waals surface area (Å²) < 4.78 is 20.9. The van der Waals surface area contributed by atoms with Crippen molar-refractivity contribution in [3.63, 3.8) is 0 Å². The van der Waals surface area contributed by atoms with Crippen LogP contribution in [0.4, 0.5) is 0 Å². The van der Waals surface area contributed by atoms with Crippen LogP contribution in [0.1, 0.15) is 13.3 Å². The average molecular weight is 336 g/mol. The van der Waals surface area contributed by atoms with E-state index in [1.54, 1.807) is 0 Å². The number of aliphatic hydroxyl groups is 1. The van der Waals surface area contributed by atoms with Crippen LogP contribution in [0.5, 0.6) is 0 Å². The molecule has 0 saturated heterocycles. The van der Waals surface area contributed by atoms with Crippen molar-refractivity contribution in [2.24, 2.45) is 0 Å². The highest BCUT2D eigenvalue weighted by Crippen LogP contribution is 1.85. The maximum atomic E-state index is 10.5. The summed E-state index contributed by atoms with van der Waals surface area (Å²) in [6, 6.07) is 0. The molecule has 8 nitrogen and oxygen atoms in total. The van der Waals surface area contributed by atoms with Gasteiger partial charge < -0.3 is 34.7 Å². The summed E-state index contributed by atoms with van der Waals surface area (Å²) in [5.74, 6) is -0.254. The summed E-state index contributed by atoms with van der Waals surface area (Å²) in [7, 11) is 0. The van der Waals surface area contributed by atoms with Gasteiger partial charge in [0.15, 0.2) is 0 Å². The van der Waals surface area contributed by atoms with Crippen LogP contribution in [0.15, 0.2) is 0 Å². The zero-order valence-corrected chi connectivity index (χ0v) is 14.2. The van der Waals surface area contributed by atoms with E-state index in [0.717, 1.165) is 26.1 Å². The molecular weight excluding hydrogens is 304 g/mol. The Labute approximate surface area is 138 Å². The minimum Gasteiger partial charge on any atom is -0.466 e. The van der Waals surface area contributed by atoms with Crippen LogP contribution < -0.4 is 10.6 Å². The number of nitrogens with one attached hydrogen (secondary N) is 2. The Morgan fingerprint density at radius 2 is 1.30 bits per heavy atom. The molecule has 138 valence electrons. The Bertz CT molecular complexity index is 256. The second-order valence-electron chi connectivity index (χ2n) is 4.75. The largest absolute Gasteiger partial charge is 0.466 e. The van der Waals surface area contributed by atoms with Crippen LogP contribution in [0.3, 0.4) is 0 Å². The fraction of sp³-hybridized carbons (Fsp3) is 0.933. The smallest absolute Gasteiger partial charge is 0.302 e. The van der Waals surface area contributed by atoms with Gasteiger partial charge in [-0.15, -0.1) is 0 Å². The third-order valence-electron chi connectivity index (χ3n) is 2.67. The second kappa shape index (κ2) is 19.3. The van der Waals surface area contributed by atoms with Crippen LogP contribution in [-0.4, -0.2) is 90.1 Å². The van der Waals surface area contributed by atoms with E-state index in [1.165, 1.54) is 6.92 Å². The van der Waals surface area contributed by atoms with Crippen LogP contribution in [-0.2, 0) is 23.7 Å². The van der Waals surface area contributed by atoms with Gasteiger partial charge in [-0.1, -0.05) is 0 Å². The molecule has 8 heteroatoms. The zero-order valence-electron chi connectivity index (χ0n) is 14.2. The van der Waals surface area contributed by atoms with Crippen molar-refractivity contribution >= 4 is 5.97 Å². The van der Waals surface area contributed by atoms with E-state index in [0.29, 0.717) is 52.8 Å². The van der Waals surface area contributed by atoms with Gasteiger partial charge in [-0.3, -0.25) is 4.79 Å². The molecule has 0 aliphatic heterocycles. The number of carbonyl (C=O) groups is 1. The fourth-order valence-corrected chi connectivity index (χ4v) is 1.56. The summed E-state index contributed by atoms with van der Waals surface area (Å²) in [5, 5.41) is 14.8. The van der Waals surface area contributed by atoms with Crippen molar-refractivity contribution in [2.75, 3.05) is 79.0 Å². The summed E-state index contributed by atoms with van der Waals surface area (Å²) in [5.41, 5.74) is 0. The van der Waals surface area contributed by atoms with E-state index in [4.69, 9.17) is 24.1 Å². The number of hydrogen-bond acceptors (Lipinski definition) is 8. The van der Waals surface area contributed by atoms with Gasteiger partial charge in [0.1, 0.15) is 0 Å². The SMILES string of the molecule is CC(=O)OCCCOCCNCCOCCOCCNCCO. The average Bonchev–Trinajstić information content (AvgIpc) is 2.53. The van der Waals surface area contributed by atoms with Crippen molar-refractivity contribution in [2.45, 2.75) is 13.3 Å². The van der Waals surface area contributed by atoms with Crippen molar-refractivity contribution in [1.82, 2.24) is 10.6 Å². The third-order valence-corrected chi connectivity index (χ3v) is 2.67. The predicted molar refractivity (Wildman–Crippen MR) is 86.5 cm³/mol. The van der Waals surface area contributed by atoms with Gasteiger partial charge in [0.25, 0.3) is 0 Å². The van der Waals surface area contributed by atoms with E-state index in [2.05, 4.69) is 10.6 Å². The summed E-state index contributed by atoms with van der Waals surface area (Å²) in [6.07, 6.45) is 0.720. The number of rotatable bonds is 18. The number of ether oxygens (including phenoxy) is 4. The van der Waals surface area contributed by atoms with Gasteiger partial charge in [0.2, 0.25) is 0 Å². The molecule has 0 saturated carbocycles. The highest BCUT2D eigenvalue weighted by molar-refractivity contribution is 5.65. The molecule has 0 aromatic carbocycles. The molecular formula is C15H32N2O6. The Morgan fingerprint density at radius 3 is 1.83 bits per heavy atom. The first-order valence-corrected chi connectivity index (χ1v) is 8.16. The molecule has 0 aromatic heterocycles. The summed E-state index contributed by atoms with van der Waals surface area (Å²) in [4.78, 5) is 10.5. The molecule has 0 spiro atoms. The van der Waals surface area contributed by atoms with Gasteiger partial charge in [-0.05, 0) is 0 Å². The van der Waals surface area contributed by atoms with Gasteiger partial charge in [-0.25, -0.2) is 0 Å². The number of hydrogen-bond donors (Lipinski definition) is 3. The Hall–Kier alpha value is -0.770. The molecule has 0 radical (unpaired) electrons. The monoisotopic (exact) mass is 336 g/mol. The van der Waals surface area contributed by atoms with Gasteiger partial charge in [0.05, 0.1) is 46.2 Å². The number of esters is 1. The van der Waals surface area contributed by atoms with E-state index in [9.17, 15) is 4.79 Å². The predicted octanol–water partition coefficient (Wildman–Crippen LogP) is -0.839. The second-order valence-corrected chi connectivity index (χ2v) is 4.75. The summed E-state index contributed by atoms with van der Waals surface area (Å²) >= 11 is 0. The van der Waals surface area contributed by atoms with Crippen molar-refractivity contribution in [1.29, 1.82) is 0 Å². The van der Waals surface area contributed by atoms with Crippen molar-refractivity contribution < 1.29 is 28.8 Å². The Morgan fingerprint density at radius 1 is 0.783 bits per heavy atom. The standard InChI is InChI=1S/C15H32N2O6/c1-15(19)23-9-2-8-20-10-5-17-6-12-22-14-13-21-11-4-16-3-7-18/h16-18H,2-14H2,1H3. The third kappa shape index (κ3) is 21.2. The summed E-state index contributed by atoms with van der Waals surface area (Å²) in [6.45, 7) is 8.47. The lowest BCUT2D eigenvalue weighted by atomic mass is 10.5. The Balaban J connectivity index is 2.96. The fourth-order valence-electron chi connectivity index (χ4n) is 1.56. The van der Waals surface area contributed by atoms with Crippen molar-refractivity contribution in [3.8, 4) is 0 Å². The molecule has 0 unspecified atom stereocenters. The van der Waals surface area contributed by atoms with E-state index < -0.39 is 0 Å². The molecule has 0 fully saturated rings. The first-order valence-electron chi connectivity index (χ1n) is 8.16. The van der Waals surface area contributed by atoms with E-state index in [1.807, 2.05) is 0 Å². The van der Waals surface area contributed by atoms with Crippen LogP contribution >= 0.6 is 0 Å². The topological polar surface area (TPSA) is 98.3 Å². The first kappa shape index (κ1) is 22.2. The lowest BCUT2D eigenvalue weighted by Gasteiger charge is -2.08. The first-order chi connectivity index (χ1) is 11.3. The van der Waals surface area contributed by atoms with E-state index >= 15 is 0 Å². The maximum absolute atomic E-state index is 10.5. The van der Waals surface area contributed by atoms with Crippen LogP contribution in [0.25, 0.3) is 0 Å². The normalized spacial score (nSPS) is 10.9. The van der Waals surface area contributed by atoms with Crippen molar-refractivity contribution in [3.05, 3.63) is 0 Å². The molecule has 23 heavy (non-hydrogen) atoms. The Kier molecular flexibility index (Phi) is 18.6. The minimum absolute atomic E-state index is 0.148. The molecule has 0 atom stereocenters. The minimum atomic E-state index is -0.254. The lowest BCUT2D eigenvalue weighted by Crippen LogP contribution is -2.25. The highest BCUT2D eigenvalue weighted by Gasteiger charge is 1.94. The van der Waals surface area contributed by atoms with Crippen LogP contribution in [0, 0.1) is 0 Å². The number of carbonyl (C=O) groups excluding carboxylic acids is 1. The van der Waals surface area contributed by atoms with E-state index in [-0.39, 0.29) is 12.6 Å². The molecule has 0 heterocycles. The molecule has 0 aliphatic carbocycles. The quantitative estimate of drug-likeness (QED) is 0.220. The highest BCUT2D eigenvalue weighted by atomic mass is 16.5. The van der Waals surface area contributed by atoms with Crippen LogP contribution in [0.2, 0.25) is 0 Å². The molecule has 0 bridgehead atoms. The van der Waals surface area contributed by atoms with Gasteiger partial charge in [0, 0.05) is 46.1 Å². The van der Waals surface area contributed by atoms with Gasteiger partial charge in [-0.2, -0.15) is 0 Å².